The van der Waals surface area contributed by atoms with E-state index in [1.54, 1.807) is 0 Å². The van der Waals surface area contributed by atoms with Crippen LogP contribution < -0.4 is 5.32 Å². The van der Waals surface area contributed by atoms with Gasteiger partial charge in [-0.1, -0.05) is 25.1 Å². The summed E-state index contributed by atoms with van der Waals surface area (Å²) < 4.78 is 25.2. The molecule has 1 aliphatic heterocycles. The minimum atomic E-state index is -3.80. The molecule has 2 rings (SSSR count). The fourth-order valence-corrected chi connectivity index (χ4v) is 4.45. The maximum Gasteiger partial charge on any atom is 0.334 e. The smallest absolute Gasteiger partial charge is 0.334 e. The van der Waals surface area contributed by atoms with Crippen molar-refractivity contribution in [3.8, 4) is 0 Å². The number of nitrogens with zero attached hydrogens (tertiary/aromatic N) is 1. The second-order valence-corrected chi connectivity index (χ2v) is 7.86. The van der Waals surface area contributed by atoms with Crippen LogP contribution in [0.5, 0.6) is 0 Å². The maximum absolute atomic E-state index is 12.6. The molecule has 0 spiro atoms. The summed E-state index contributed by atoms with van der Waals surface area (Å²) in [5.74, 6) is -2.82. The molecule has 1 unspecified atom stereocenters. The first kappa shape index (κ1) is 18.7. The van der Waals surface area contributed by atoms with Gasteiger partial charge < -0.3 is 10.4 Å². The number of benzene rings is 1. The number of sulfone groups is 1. The molecule has 134 valence electrons. The van der Waals surface area contributed by atoms with Crippen LogP contribution in [0, 0.1) is 10.1 Å². The predicted octanol–water partition coefficient (Wildman–Crippen LogP) is 2.31. The zero-order chi connectivity index (χ0) is 18.9. The molecule has 8 nitrogen and oxygen atoms in total. The third kappa shape index (κ3) is 3.27. The molecule has 0 fully saturated rings. The highest BCUT2D eigenvalue weighted by atomic mass is 32.2. The molecule has 1 aliphatic rings. The predicted molar refractivity (Wildman–Crippen MR) is 91.5 cm³/mol. The third-order valence-electron chi connectivity index (χ3n) is 4.09. The van der Waals surface area contributed by atoms with Gasteiger partial charge in [0.1, 0.15) is 0 Å². The lowest BCUT2D eigenvalue weighted by Gasteiger charge is -2.30. The number of carbonyl (C=O) groups is 1. The molecule has 0 saturated heterocycles. The molecule has 25 heavy (non-hydrogen) atoms. The molecule has 0 aliphatic carbocycles. The molecule has 1 aromatic rings. The molecular formula is C16H18N2O6S. The fourth-order valence-electron chi connectivity index (χ4n) is 3.02. The number of carboxylic acids is 1. The van der Waals surface area contributed by atoms with E-state index in [1.165, 1.54) is 45.0 Å². The summed E-state index contributed by atoms with van der Waals surface area (Å²) in [7, 11) is -3.80. The molecule has 0 aromatic heterocycles. The average Bonchev–Trinajstić information content (AvgIpc) is 2.53. The largest absolute Gasteiger partial charge is 0.478 e. The lowest BCUT2D eigenvalue weighted by molar-refractivity contribution is -0.385. The number of rotatable bonds is 5. The Bertz CT molecular complexity index is 914. The van der Waals surface area contributed by atoms with E-state index in [-0.39, 0.29) is 38.9 Å². The van der Waals surface area contributed by atoms with E-state index in [2.05, 4.69) is 5.32 Å². The summed E-state index contributed by atoms with van der Waals surface area (Å²) in [6, 6.07) is 5.59. The number of carboxylic acid groups (broad SMARTS) is 1. The second kappa shape index (κ2) is 6.67. The standard InChI is InChI=1S/C16H18N2O6S/c1-4-25(23,24)15-10(3)17-9(2)13(16(19)20)14(15)11-7-5-6-8-12(11)18(21)22/h5-8,14,17H,4H2,1-3H3,(H,19,20). The Labute approximate surface area is 144 Å². The second-order valence-electron chi connectivity index (χ2n) is 5.61. The number of dihydropyridines is 1. The van der Waals surface area contributed by atoms with E-state index < -0.39 is 26.6 Å². The Morgan fingerprint density at radius 3 is 2.40 bits per heavy atom. The van der Waals surface area contributed by atoms with Crippen LogP contribution in [-0.4, -0.2) is 30.2 Å². The lowest BCUT2D eigenvalue weighted by Crippen LogP contribution is -2.32. The first-order chi connectivity index (χ1) is 11.6. The van der Waals surface area contributed by atoms with Crippen LogP contribution in [0.15, 0.2) is 46.1 Å². The molecule has 1 atom stereocenters. The molecule has 0 bridgehead atoms. The highest BCUT2D eigenvalue weighted by Gasteiger charge is 2.41. The van der Waals surface area contributed by atoms with Crippen LogP contribution in [-0.2, 0) is 14.6 Å². The van der Waals surface area contributed by atoms with Gasteiger partial charge in [0.25, 0.3) is 5.69 Å². The van der Waals surface area contributed by atoms with E-state index in [1.807, 2.05) is 0 Å². The Morgan fingerprint density at radius 1 is 1.28 bits per heavy atom. The Kier molecular flexibility index (Phi) is 4.98. The van der Waals surface area contributed by atoms with Crippen molar-refractivity contribution in [3.63, 3.8) is 0 Å². The molecule has 0 radical (unpaired) electrons. The van der Waals surface area contributed by atoms with Gasteiger partial charge in [-0.3, -0.25) is 10.1 Å². The highest BCUT2D eigenvalue weighted by molar-refractivity contribution is 7.95. The highest BCUT2D eigenvalue weighted by Crippen LogP contribution is 2.43. The molecule has 0 amide bonds. The summed E-state index contributed by atoms with van der Waals surface area (Å²) in [5, 5.41) is 23.8. The zero-order valence-electron chi connectivity index (χ0n) is 13.9. The molecule has 0 saturated carbocycles. The van der Waals surface area contributed by atoms with Crippen LogP contribution >= 0.6 is 0 Å². The van der Waals surface area contributed by atoms with Gasteiger partial charge in [-0.05, 0) is 13.8 Å². The van der Waals surface area contributed by atoms with E-state index in [9.17, 15) is 28.4 Å². The van der Waals surface area contributed by atoms with Gasteiger partial charge in [-0.25, -0.2) is 13.2 Å². The molecular weight excluding hydrogens is 348 g/mol. The van der Waals surface area contributed by atoms with Crippen LogP contribution in [0.4, 0.5) is 5.69 Å². The van der Waals surface area contributed by atoms with Crippen LogP contribution in [0.1, 0.15) is 32.3 Å². The fraction of sp³-hybridized carbons (Fsp3) is 0.312. The first-order valence-electron chi connectivity index (χ1n) is 7.49. The first-order valence-corrected chi connectivity index (χ1v) is 9.15. The minimum Gasteiger partial charge on any atom is -0.478 e. The Morgan fingerprint density at radius 2 is 1.88 bits per heavy atom. The molecule has 1 aromatic carbocycles. The van der Waals surface area contributed by atoms with Crippen LogP contribution in [0.25, 0.3) is 0 Å². The van der Waals surface area contributed by atoms with E-state index in [0.717, 1.165) is 0 Å². The normalized spacial score (nSPS) is 18.1. The van der Waals surface area contributed by atoms with E-state index in [0.29, 0.717) is 0 Å². The quantitative estimate of drug-likeness (QED) is 0.604. The number of allylic oxidation sites excluding steroid dienone is 3. The summed E-state index contributed by atoms with van der Waals surface area (Å²) >= 11 is 0. The number of hydrogen-bond acceptors (Lipinski definition) is 6. The minimum absolute atomic E-state index is 0.0390. The van der Waals surface area contributed by atoms with Crippen molar-refractivity contribution in [3.05, 3.63) is 61.8 Å². The number of aliphatic carboxylic acids is 1. The Balaban J connectivity index is 2.89. The van der Waals surface area contributed by atoms with Gasteiger partial charge in [0.05, 0.1) is 27.1 Å². The van der Waals surface area contributed by atoms with Crippen molar-refractivity contribution in [2.45, 2.75) is 26.7 Å². The van der Waals surface area contributed by atoms with E-state index >= 15 is 0 Å². The van der Waals surface area contributed by atoms with Crippen molar-refractivity contribution in [1.82, 2.24) is 5.32 Å². The summed E-state index contributed by atoms with van der Waals surface area (Å²) in [5.41, 5.74) is 0.0253. The van der Waals surface area contributed by atoms with Crippen molar-refractivity contribution in [1.29, 1.82) is 0 Å². The van der Waals surface area contributed by atoms with Crippen molar-refractivity contribution >= 4 is 21.5 Å². The van der Waals surface area contributed by atoms with Crippen molar-refractivity contribution in [2.75, 3.05) is 5.75 Å². The van der Waals surface area contributed by atoms with Gasteiger partial charge in [-0.15, -0.1) is 0 Å². The maximum atomic E-state index is 12.6. The summed E-state index contributed by atoms with van der Waals surface area (Å²) in [4.78, 5) is 22.4. The van der Waals surface area contributed by atoms with E-state index in [4.69, 9.17) is 0 Å². The van der Waals surface area contributed by atoms with Gasteiger partial charge >= 0.3 is 5.97 Å². The summed E-state index contributed by atoms with van der Waals surface area (Å²) in [6.07, 6.45) is 0. The van der Waals surface area contributed by atoms with Crippen molar-refractivity contribution < 1.29 is 23.2 Å². The topological polar surface area (TPSA) is 127 Å². The number of nitrogens with one attached hydrogen (secondary N) is 1. The van der Waals surface area contributed by atoms with Gasteiger partial charge in [0, 0.05) is 23.0 Å². The molecule has 1 heterocycles. The SMILES string of the molecule is CCS(=O)(=O)C1=C(C)NC(C)=C(C(=O)O)C1c1ccccc1[N+](=O)[O-]. The van der Waals surface area contributed by atoms with Crippen LogP contribution in [0.2, 0.25) is 0 Å². The number of nitro groups is 1. The summed E-state index contributed by atoms with van der Waals surface area (Å²) in [6.45, 7) is 4.47. The lowest BCUT2D eigenvalue weighted by atomic mass is 9.85. The molecule has 2 N–H and O–H groups in total. The van der Waals surface area contributed by atoms with Crippen molar-refractivity contribution in [2.24, 2.45) is 0 Å². The monoisotopic (exact) mass is 366 g/mol. The average molecular weight is 366 g/mol. The Hall–Kier alpha value is -2.68. The van der Waals surface area contributed by atoms with Gasteiger partial charge in [-0.2, -0.15) is 0 Å². The molecule has 9 heteroatoms. The van der Waals surface area contributed by atoms with Gasteiger partial charge in [0.15, 0.2) is 9.84 Å². The number of hydrogen-bond donors (Lipinski definition) is 2. The zero-order valence-corrected chi connectivity index (χ0v) is 14.8. The number of para-hydroxylation sites is 1. The van der Waals surface area contributed by atoms with Crippen LogP contribution in [0.3, 0.4) is 0 Å². The number of nitro benzene ring substituents is 1. The van der Waals surface area contributed by atoms with Gasteiger partial charge in [0.2, 0.25) is 0 Å². The third-order valence-corrected chi connectivity index (χ3v) is 6.06.